The van der Waals surface area contributed by atoms with E-state index in [0.29, 0.717) is 5.75 Å². The molecule has 0 spiro atoms. The molecule has 0 amide bonds. The van der Waals surface area contributed by atoms with E-state index in [0.717, 1.165) is 31.7 Å². The van der Waals surface area contributed by atoms with Gasteiger partial charge in [0.15, 0.2) is 0 Å². The lowest BCUT2D eigenvalue weighted by Crippen LogP contribution is -2.51. The van der Waals surface area contributed by atoms with Crippen molar-refractivity contribution in [3.8, 4) is 5.75 Å². The third kappa shape index (κ3) is 3.45. The Kier molecular flexibility index (Phi) is 4.58. The lowest BCUT2D eigenvalue weighted by atomic mass is 10.00. The van der Waals surface area contributed by atoms with Crippen molar-refractivity contribution in [2.75, 3.05) is 33.8 Å². The monoisotopic (exact) mass is 250 g/mol. The Labute approximate surface area is 109 Å². The number of aromatic hydroxyl groups is 1. The lowest BCUT2D eigenvalue weighted by Gasteiger charge is -2.35. The van der Waals surface area contributed by atoms with Crippen molar-refractivity contribution in [1.29, 1.82) is 0 Å². The summed E-state index contributed by atoms with van der Waals surface area (Å²) in [6.07, 6.45) is 1.07. The largest absolute Gasteiger partial charge is 0.508 e. The van der Waals surface area contributed by atoms with Gasteiger partial charge in [-0.2, -0.15) is 0 Å². The molecule has 1 aliphatic heterocycles. The van der Waals surface area contributed by atoms with Gasteiger partial charge in [-0.1, -0.05) is 12.1 Å². The highest BCUT2D eigenvalue weighted by atomic mass is 16.5. The average Bonchev–Trinajstić information content (AvgIpc) is 2.36. The second kappa shape index (κ2) is 6.18. The first kappa shape index (κ1) is 13.3. The number of nitrogens with one attached hydrogen (secondary N) is 1. The van der Waals surface area contributed by atoms with Crippen LogP contribution in [0, 0.1) is 0 Å². The maximum absolute atomic E-state index is 9.49. The molecular weight excluding hydrogens is 228 g/mol. The van der Waals surface area contributed by atoms with Crippen molar-refractivity contribution >= 4 is 0 Å². The maximum Gasteiger partial charge on any atom is 0.115 e. The van der Waals surface area contributed by atoms with Crippen molar-refractivity contribution < 1.29 is 9.84 Å². The summed E-state index contributed by atoms with van der Waals surface area (Å²) in [6, 6.07) is 7.70. The molecule has 1 aromatic carbocycles. The van der Waals surface area contributed by atoms with E-state index in [1.54, 1.807) is 6.07 Å². The molecule has 2 rings (SSSR count). The topological polar surface area (TPSA) is 44.7 Å². The highest BCUT2D eigenvalue weighted by Gasteiger charge is 2.25. The van der Waals surface area contributed by atoms with Gasteiger partial charge in [0.05, 0.1) is 12.7 Å². The fourth-order valence-corrected chi connectivity index (χ4v) is 2.41. The van der Waals surface area contributed by atoms with Crippen LogP contribution in [-0.4, -0.2) is 55.9 Å². The summed E-state index contributed by atoms with van der Waals surface area (Å²) >= 11 is 0. The molecule has 0 saturated carbocycles. The Balaban J connectivity index is 2.00. The number of ether oxygens (including phenoxy) is 1. The van der Waals surface area contributed by atoms with Gasteiger partial charge in [-0.3, -0.25) is 0 Å². The molecule has 100 valence electrons. The number of hydrogen-bond acceptors (Lipinski definition) is 4. The van der Waals surface area contributed by atoms with Crippen LogP contribution in [0.15, 0.2) is 24.3 Å². The van der Waals surface area contributed by atoms with Gasteiger partial charge in [0.25, 0.3) is 0 Å². The second-order valence-electron chi connectivity index (χ2n) is 4.94. The molecule has 0 aromatic heterocycles. The minimum Gasteiger partial charge on any atom is -0.508 e. The van der Waals surface area contributed by atoms with E-state index in [1.165, 1.54) is 0 Å². The Morgan fingerprint density at radius 1 is 1.56 bits per heavy atom. The molecule has 18 heavy (non-hydrogen) atoms. The van der Waals surface area contributed by atoms with Gasteiger partial charge in [0.2, 0.25) is 0 Å². The van der Waals surface area contributed by atoms with E-state index >= 15 is 0 Å². The number of phenolic OH excluding ortho intramolecular Hbond substituents is 1. The van der Waals surface area contributed by atoms with Crippen LogP contribution in [0.4, 0.5) is 0 Å². The van der Waals surface area contributed by atoms with Crippen LogP contribution in [0.3, 0.4) is 0 Å². The molecule has 1 fully saturated rings. The summed E-state index contributed by atoms with van der Waals surface area (Å²) in [5.41, 5.74) is 1.13. The van der Waals surface area contributed by atoms with Crippen LogP contribution in [0.25, 0.3) is 0 Å². The predicted octanol–water partition coefficient (Wildman–Crippen LogP) is 0.853. The Hall–Kier alpha value is -1.10. The first-order chi connectivity index (χ1) is 8.69. The molecular formula is C14H22N2O2. The smallest absolute Gasteiger partial charge is 0.115 e. The van der Waals surface area contributed by atoms with Crippen molar-refractivity contribution in [2.24, 2.45) is 0 Å². The van der Waals surface area contributed by atoms with E-state index in [2.05, 4.69) is 17.3 Å². The Morgan fingerprint density at radius 3 is 3.06 bits per heavy atom. The van der Waals surface area contributed by atoms with Crippen LogP contribution in [-0.2, 0) is 11.2 Å². The normalized spacial score (nSPS) is 22.9. The molecule has 1 aromatic rings. The maximum atomic E-state index is 9.49. The lowest BCUT2D eigenvalue weighted by molar-refractivity contribution is -0.0372. The van der Waals surface area contributed by atoms with Crippen LogP contribution in [0.5, 0.6) is 5.75 Å². The first-order valence-corrected chi connectivity index (χ1v) is 6.44. The number of rotatable bonds is 4. The quantitative estimate of drug-likeness (QED) is 0.832. The Morgan fingerprint density at radius 2 is 2.39 bits per heavy atom. The van der Waals surface area contributed by atoms with Gasteiger partial charge in [-0.15, -0.1) is 0 Å². The number of hydrogen-bond donors (Lipinski definition) is 2. The van der Waals surface area contributed by atoms with E-state index in [9.17, 15) is 5.11 Å². The van der Waals surface area contributed by atoms with Gasteiger partial charge in [-0.05, 0) is 38.2 Å². The summed E-state index contributed by atoms with van der Waals surface area (Å²) in [5, 5.41) is 12.8. The molecule has 1 saturated heterocycles. The highest BCUT2D eigenvalue weighted by molar-refractivity contribution is 5.27. The zero-order valence-electron chi connectivity index (χ0n) is 11.1. The zero-order valence-corrected chi connectivity index (χ0v) is 11.1. The SMILES string of the molecule is CNC(Cc1cccc(O)c1)C1CN(C)CCO1. The van der Waals surface area contributed by atoms with E-state index < -0.39 is 0 Å². The van der Waals surface area contributed by atoms with E-state index in [4.69, 9.17) is 4.74 Å². The predicted molar refractivity (Wildman–Crippen MR) is 71.9 cm³/mol. The molecule has 2 N–H and O–H groups in total. The third-order valence-corrected chi connectivity index (χ3v) is 3.48. The average molecular weight is 250 g/mol. The molecule has 0 bridgehead atoms. The molecule has 2 atom stereocenters. The van der Waals surface area contributed by atoms with Crippen molar-refractivity contribution in [2.45, 2.75) is 18.6 Å². The first-order valence-electron chi connectivity index (χ1n) is 6.44. The van der Waals surface area contributed by atoms with E-state index in [-0.39, 0.29) is 12.1 Å². The Bertz CT molecular complexity index is 384. The number of phenols is 1. The summed E-state index contributed by atoms with van der Waals surface area (Å²) < 4.78 is 5.84. The van der Waals surface area contributed by atoms with Gasteiger partial charge < -0.3 is 20.1 Å². The number of benzene rings is 1. The fraction of sp³-hybridized carbons (Fsp3) is 0.571. The summed E-state index contributed by atoms with van der Waals surface area (Å²) in [4.78, 5) is 2.29. The number of morpholine rings is 1. The van der Waals surface area contributed by atoms with Crippen LogP contribution >= 0.6 is 0 Å². The minimum absolute atomic E-state index is 0.205. The number of nitrogens with zero attached hydrogens (tertiary/aromatic N) is 1. The van der Waals surface area contributed by atoms with Gasteiger partial charge >= 0.3 is 0 Å². The molecule has 2 unspecified atom stereocenters. The summed E-state index contributed by atoms with van der Waals surface area (Å²) in [7, 11) is 4.09. The highest BCUT2D eigenvalue weighted by Crippen LogP contribution is 2.16. The molecule has 1 aliphatic rings. The minimum atomic E-state index is 0.205. The fourth-order valence-electron chi connectivity index (χ4n) is 2.41. The third-order valence-electron chi connectivity index (χ3n) is 3.48. The van der Waals surface area contributed by atoms with Gasteiger partial charge in [0.1, 0.15) is 5.75 Å². The second-order valence-corrected chi connectivity index (χ2v) is 4.94. The van der Waals surface area contributed by atoms with Crippen molar-refractivity contribution in [1.82, 2.24) is 10.2 Å². The molecule has 4 nitrogen and oxygen atoms in total. The van der Waals surface area contributed by atoms with Gasteiger partial charge in [-0.25, -0.2) is 0 Å². The molecule has 0 aliphatic carbocycles. The zero-order chi connectivity index (χ0) is 13.0. The number of likely N-dealkylation sites (N-methyl/N-ethyl adjacent to an activating group) is 2. The molecule has 0 radical (unpaired) electrons. The van der Waals surface area contributed by atoms with E-state index in [1.807, 2.05) is 25.2 Å². The van der Waals surface area contributed by atoms with Crippen molar-refractivity contribution in [3.05, 3.63) is 29.8 Å². The standard InChI is InChI=1S/C14H22N2O2/c1-15-13(14-10-16(2)6-7-18-14)9-11-4-3-5-12(17)8-11/h3-5,8,13-15,17H,6-7,9-10H2,1-2H3. The van der Waals surface area contributed by atoms with Crippen LogP contribution in [0.1, 0.15) is 5.56 Å². The molecule has 4 heteroatoms. The summed E-state index contributed by atoms with van der Waals surface area (Å²) in [6.45, 7) is 2.74. The summed E-state index contributed by atoms with van der Waals surface area (Å²) in [5.74, 6) is 0.323. The van der Waals surface area contributed by atoms with Crippen LogP contribution in [0.2, 0.25) is 0 Å². The molecule has 1 heterocycles. The van der Waals surface area contributed by atoms with Crippen molar-refractivity contribution in [3.63, 3.8) is 0 Å². The van der Waals surface area contributed by atoms with Gasteiger partial charge in [0, 0.05) is 19.1 Å². The van der Waals surface area contributed by atoms with Crippen LogP contribution < -0.4 is 5.32 Å².